The minimum Gasteiger partial charge on any atom is -0.492 e. The van der Waals surface area contributed by atoms with Crippen LogP contribution in [0.2, 0.25) is 0 Å². The van der Waals surface area contributed by atoms with Gasteiger partial charge >= 0.3 is 0 Å². The average Bonchev–Trinajstić information content (AvgIpc) is 3.21. The Morgan fingerprint density at radius 1 is 1.24 bits per heavy atom. The van der Waals surface area contributed by atoms with Crippen molar-refractivity contribution < 1.29 is 14.5 Å². The van der Waals surface area contributed by atoms with Crippen LogP contribution in [0.1, 0.15) is 32.4 Å². The van der Waals surface area contributed by atoms with Gasteiger partial charge in [-0.15, -0.1) is 5.10 Å². The molecule has 0 spiro atoms. The zero-order valence-electron chi connectivity index (χ0n) is 18.9. The first-order valence-corrected chi connectivity index (χ1v) is 11.8. The minimum absolute atomic E-state index is 0.0314. The van der Waals surface area contributed by atoms with E-state index in [0.29, 0.717) is 46.0 Å². The number of amides is 1. The maximum atomic E-state index is 13.6. The van der Waals surface area contributed by atoms with Gasteiger partial charge in [0.2, 0.25) is 11.1 Å². The van der Waals surface area contributed by atoms with E-state index >= 15 is 0 Å². The molecule has 2 N–H and O–H groups in total. The average molecular weight is 481 g/mol. The van der Waals surface area contributed by atoms with E-state index in [2.05, 4.69) is 20.7 Å². The van der Waals surface area contributed by atoms with E-state index < -0.39 is 11.0 Å². The zero-order valence-corrected chi connectivity index (χ0v) is 19.8. The molecule has 0 bridgehead atoms. The number of nitro groups is 1. The number of nitro benzene ring substituents is 1. The van der Waals surface area contributed by atoms with Gasteiger partial charge in [0.05, 0.1) is 22.8 Å². The number of rotatable bonds is 8. The van der Waals surface area contributed by atoms with E-state index in [1.807, 2.05) is 26.0 Å². The first-order chi connectivity index (χ1) is 16.4. The standard InChI is InChI=1S/C23H24N6O4S/c1-4-33-18-9-7-6-8-17(18)25-21(30)19-14(3)24-22-26-23(34-5-2)27-28(22)20(19)15-10-12-16(13-11-15)29(31)32/h6-13,20H,4-5H2,1-3H3,(H,25,30)(H,24,26,27). The largest absolute Gasteiger partial charge is 0.492 e. The molecule has 0 fully saturated rings. The number of para-hydroxylation sites is 2. The summed E-state index contributed by atoms with van der Waals surface area (Å²) < 4.78 is 7.29. The highest BCUT2D eigenvalue weighted by Crippen LogP contribution is 2.37. The molecule has 1 unspecified atom stereocenters. The predicted molar refractivity (Wildman–Crippen MR) is 130 cm³/mol. The molecule has 1 aliphatic rings. The number of thioether (sulfide) groups is 1. The van der Waals surface area contributed by atoms with Crippen LogP contribution < -0.4 is 15.4 Å². The topological polar surface area (TPSA) is 124 Å². The molecule has 0 saturated heterocycles. The second-order valence-corrected chi connectivity index (χ2v) is 8.62. The fourth-order valence-corrected chi connectivity index (χ4v) is 4.30. The Hall–Kier alpha value is -3.86. The van der Waals surface area contributed by atoms with Crippen molar-refractivity contribution in [3.8, 4) is 5.75 Å². The van der Waals surface area contributed by atoms with Gasteiger partial charge in [0, 0.05) is 17.8 Å². The number of allylic oxidation sites excluding steroid dienone is 1. The Bertz CT molecular complexity index is 1250. The Labute approximate surface area is 200 Å². The molecule has 0 radical (unpaired) electrons. The number of fused-ring (bicyclic) bond motifs is 1. The molecule has 1 aliphatic heterocycles. The second kappa shape index (κ2) is 9.96. The summed E-state index contributed by atoms with van der Waals surface area (Å²) in [5, 5.41) is 22.5. The number of nitrogens with zero attached hydrogens (tertiary/aromatic N) is 4. The molecule has 3 aromatic rings. The van der Waals surface area contributed by atoms with Crippen molar-refractivity contribution in [1.29, 1.82) is 0 Å². The number of hydrogen-bond donors (Lipinski definition) is 2. The third-order valence-corrected chi connectivity index (χ3v) is 5.93. The van der Waals surface area contributed by atoms with Crippen LogP contribution in [-0.2, 0) is 4.79 Å². The first kappa shape index (κ1) is 23.3. The molecular weight excluding hydrogens is 456 g/mol. The predicted octanol–water partition coefficient (Wildman–Crippen LogP) is 4.62. The van der Waals surface area contributed by atoms with E-state index in [9.17, 15) is 14.9 Å². The molecule has 0 saturated carbocycles. The summed E-state index contributed by atoms with van der Waals surface area (Å²) >= 11 is 1.49. The summed E-state index contributed by atoms with van der Waals surface area (Å²) in [5.41, 5.74) is 2.22. The van der Waals surface area contributed by atoms with Gasteiger partial charge in [-0.2, -0.15) is 4.98 Å². The highest BCUT2D eigenvalue weighted by atomic mass is 32.2. The summed E-state index contributed by atoms with van der Waals surface area (Å²) in [6, 6.07) is 12.7. The SMILES string of the molecule is CCOc1ccccc1NC(=O)C1=C(C)Nc2nc(SCC)nn2C1c1ccc([N+](=O)[O-])cc1. The van der Waals surface area contributed by atoms with Crippen molar-refractivity contribution in [2.45, 2.75) is 32.0 Å². The van der Waals surface area contributed by atoms with Crippen molar-refractivity contribution in [1.82, 2.24) is 14.8 Å². The molecule has 2 aromatic carbocycles. The van der Waals surface area contributed by atoms with E-state index in [1.165, 1.54) is 23.9 Å². The fourth-order valence-electron chi connectivity index (χ4n) is 3.74. The summed E-state index contributed by atoms with van der Waals surface area (Å²) in [6.45, 7) is 6.14. The maximum absolute atomic E-state index is 13.6. The van der Waals surface area contributed by atoms with E-state index in [-0.39, 0.29) is 11.6 Å². The summed E-state index contributed by atoms with van der Waals surface area (Å²) in [7, 11) is 0. The number of carbonyl (C=O) groups is 1. The smallest absolute Gasteiger partial charge is 0.269 e. The van der Waals surface area contributed by atoms with E-state index in [1.54, 1.807) is 35.9 Å². The number of benzene rings is 2. The Morgan fingerprint density at radius 3 is 2.65 bits per heavy atom. The quantitative estimate of drug-likeness (QED) is 0.272. The number of ether oxygens (including phenoxy) is 1. The van der Waals surface area contributed by atoms with Crippen LogP contribution >= 0.6 is 11.8 Å². The third kappa shape index (κ3) is 4.60. The lowest BCUT2D eigenvalue weighted by molar-refractivity contribution is -0.384. The molecule has 1 aromatic heterocycles. The van der Waals surface area contributed by atoms with E-state index in [0.717, 1.165) is 5.75 Å². The van der Waals surface area contributed by atoms with Gasteiger partial charge in [0.25, 0.3) is 11.6 Å². The molecular formula is C23H24N6O4S. The van der Waals surface area contributed by atoms with Gasteiger partial charge in [-0.25, -0.2) is 4.68 Å². The molecule has 176 valence electrons. The number of nitrogens with one attached hydrogen (secondary N) is 2. The Balaban J connectivity index is 1.77. The molecule has 10 nitrogen and oxygen atoms in total. The lowest BCUT2D eigenvalue weighted by atomic mass is 9.95. The van der Waals surface area contributed by atoms with Crippen LogP contribution in [0.15, 0.2) is 65.0 Å². The molecule has 2 heterocycles. The zero-order chi connectivity index (χ0) is 24.2. The van der Waals surface area contributed by atoms with Gasteiger partial charge in [-0.3, -0.25) is 14.9 Å². The second-order valence-electron chi connectivity index (χ2n) is 7.39. The lowest BCUT2D eigenvalue weighted by Crippen LogP contribution is -2.31. The summed E-state index contributed by atoms with van der Waals surface area (Å²) in [6.07, 6.45) is 0. The summed E-state index contributed by atoms with van der Waals surface area (Å²) in [5.74, 6) is 1.52. The van der Waals surface area contributed by atoms with E-state index in [4.69, 9.17) is 4.74 Å². The van der Waals surface area contributed by atoms with Crippen LogP contribution in [-0.4, -0.2) is 38.0 Å². The molecule has 1 amide bonds. The molecule has 0 aliphatic carbocycles. The highest BCUT2D eigenvalue weighted by Gasteiger charge is 2.35. The van der Waals surface area contributed by atoms with Gasteiger partial charge in [-0.1, -0.05) is 30.8 Å². The molecule has 34 heavy (non-hydrogen) atoms. The normalized spacial score (nSPS) is 14.9. The van der Waals surface area contributed by atoms with Gasteiger partial charge in [0.1, 0.15) is 11.8 Å². The van der Waals surface area contributed by atoms with Crippen molar-refractivity contribution in [3.63, 3.8) is 0 Å². The van der Waals surface area contributed by atoms with Crippen LogP contribution in [0, 0.1) is 10.1 Å². The molecule has 11 heteroatoms. The number of carbonyl (C=O) groups excluding carboxylic acids is 1. The lowest BCUT2D eigenvalue weighted by Gasteiger charge is -2.28. The molecule has 4 rings (SSSR count). The number of aromatic nitrogens is 3. The highest BCUT2D eigenvalue weighted by molar-refractivity contribution is 7.99. The van der Waals surface area contributed by atoms with Crippen molar-refractivity contribution in [3.05, 3.63) is 75.5 Å². The van der Waals surface area contributed by atoms with Crippen LogP contribution in [0.4, 0.5) is 17.3 Å². The number of anilines is 2. The molecule has 1 atom stereocenters. The van der Waals surface area contributed by atoms with Crippen molar-refractivity contribution >= 4 is 35.0 Å². The van der Waals surface area contributed by atoms with Crippen LogP contribution in [0.25, 0.3) is 0 Å². The minimum atomic E-state index is -0.630. The number of hydrogen-bond acceptors (Lipinski definition) is 8. The van der Waals surface area contributed by atoms with Gasteiger partial charge < -0.3 is 15.4 Å². The van der Waals surface area contributed by atoms with Gasteiger partial charge in [-0.05, 0) is 49.4 Å². The first-order valence-electron chi connectivity index (χ1n) is 10.8. The van der Waals surface area contributed by atoms with Crippen LogP contribution in [0.5, 0.6) is 5.75 Å². The Morgan fingerprint density at radius 2 is 1.97 bits per heavy atom. The van der Waals surface area contributed by atoms with Crippen molar-refractivity contribution in [2.24, 2.45) is 0 Å². The number of non-ortho nitro benzene ring substituents is 1. The van der Waals surface area contributed by atoms with Gasteiger partial charge in [0.15, 0.2) is 0 Å². The van der Waals surface area contributed by atoms with Crippen molar-refractivity contribution in [2.75, 3.05) is 23.0 Å². The maximum Gasteiger partial charge on any atom is 0.269 e. The monoisotopic (exact) mass is 480 g/mol. The fraction of sp³-hybridized carbons (Fsp3) is 0.261. The van der Waals surface area contributed by atoms with Crippen LogP contribution in [0.3, 0.4) is 0 Å². The Kier molecular flexibility index (Phi) is 6.82. The third-order valence-electron chi connectivity index (χ3n) is 5.21. The summed E-state index contributed by atoms with van der Waals surface area (Å²) in [4.78, 5) is 28.8.